The van der Waals surface area contributed by atoms with E-state index in [9.17, 15) is 13.2 Å². The molecule has 0 spiro atoms. The van der Waals surface area contributed by atoms with Gasteiger partial charge in [0.25, 0.3) is 0 Å². The van der Waals surface area contributed by atoms with Crippen molar-refractivity contribution in [1.82, 2.24) is 14.1 Å². The monoisotopic (exact) mass is 559 g/mol. The zero-order valence-electron chi connectivity index (χ0n) is 20.5. The van der Waals surface area contributed by atoms with Crippen molar-refractivity contribution in [2.24, 2.45) is 0 Å². The first-order chi connectivity index (χ1) is 16.3. The molecule has 10 heteroatoms. The Morgan fingerprint density at radius 2 is 1.83 bits per heavy atom. The number of rotatable bonds is 8. The summed E-state index contributed by atoms with van der Waals surface area (Å²) in [5.41, 5.74) is 0.867. The van der Waals surface area contributed by atoms with E-state index in [4.69, 9.17) is 34.8 Å². The smallest absolute Gasteiger partial charge is 0.233 e. The highest BCUT2D eigenvalue weighted by Crippen LogP contribution is 2.35. The SMILES string of the molecule is C[C@H]1CN(CCC(C)(C(=O)N(C)Cc2cccc(Cl)c2)c2ccc(Cl)c(Cl)c2)CCN1S(C)(=O)=O. The highest BCUT2D eigenvalue weighted by atomic mass is 35.5. The van der Waals surface area contributed by atoms with E-state index >= 15 is 0 Å². The summed E-state index contributed by atoms with van der Waals surface area (Å²) in [5, 5.41) is 1.46. The Balaban J connectivity index is 1.82. The number of likely N-dealkylation sites (N-methyl/N-ethyl adjacent to an activating group) is 1. The topological polar surface area (TPSA) is 60.9 Å². The lowest BCUT2D eigenvalue weighted by atomic mass is 9.77. The predicted molar refractivity (Wildman–Crippen MR) is 144 cm³/mol. The van der Waals surface area contributed by atoms with Crippen LogP contribution in [-0.4, -0.2) is 74.0 Å². The quantitative estimate of drug-likeness (QED) is 0.460. The Morgan fingerprint density at radius 3 is 2.43 bits per heavy atom. The molecule has 1 aliphatic heterocycles. The fourth-order valence-electron chi connectivity index (χ4n) is 4.71. The van der Waals surface area contributed by atoms with Crippen molar-refractivity contribution in [2.45, 2.75) is 38.3 Å². The van der Waals surface area contributed by atoms with Gasteiger partial charge in [-0.25, -0.2) is 8.42 Å². The zero-order chi connectivity index (χ0) is 26.0. The second-order valence-electron chi connectivity index (χ2n) is 9.53. The van der Waals surface area contributed by atoms with Crippen molar-refractivity contribution in [3.63, 3.8) is 0 Å². The van der Waals surface area contributed by atoms with Crippen LogP contribution in [0.15, 0.2) is 42.5 Å². The van der Waals surface area contributed by atoms with Gasteiger partial charge in [-0.15, -0.1) is 0 Å². The maximum Gasteiger partial charge on any atom is 0.233 e. The Bertz CT molecular complexity index is 1180. The first-order valence-electron chi connectivity index (χ1n) is 11.5. The molecule has 35 heavy (non-hydrogen) atoms. The number of piperazine rings is 1. The van der Waals surface area contributed by atoms with Gasteiger partial charge in [-0.3, -0.25) is 4.79 Å². The van der Waals surface area contributed by atoms with Crippen LogP contribution in [0.1, 0.15) is 31.4 Å². The van der Waals surface area contributed by atoms with E-state index in [1.807, 2.05) is 38.1 Å². The summed E-state index contributed by atoms with van der Waals surface area (Å²) in [5.74, 6) is -0.0429. The number of carbonyl (C=O) groups is 1. The van der Waals surface area contributed by atoms with Crippen LogP contribution in [0.5, 0.6) is 0 Å². The Kier molecular flexibility index (Phi) is 9.16. The van der Waals surface area contributed by atoms with Crippen molar-refractivity contribution in [2.75, 3.05) is 39.5 Å². The first-order valence-corrected chi connectivity index (χ1v) is 14.4. The van der Waals surface area contributed by atoms with E-state index < -0.39 is 15.4 Å². The normalized spacial score (nSPS) is 19.3. The number of hydrogen-bond donors (Lipinski definition) is 0. The van der Waals surface area contributed by atoms with E-state index in [0.717, 1.165) is 11.1 Å². The van der Waals surface area contributed by atoms with Crippen LogP contribution in [0.25, 0.3) is 0 Å². The van der Waals surface area contributed by atoms with Crippen LogP contribution < -0.4 is 0 Å². The third-order valence-electron chi connectivity index (χ3n) is 6.69. The van der Waals surface area contributed by atoms with E-state index in [1.165, 1.54) is 10.6 Å². The number of carbonyl (C=O) groups excluding carboxylic acids is 1. The van der Waals surface area contributed by atoms with Crippen LogP contribution in [0.2, 0.25) is 15.1 Å². The van der Waals surface area contributed by atoms with Gasteiger partial charge in [-0.1, -0.05) is 53.0 Å². The van der Waals surface area contributed by atoms with Crippen LogP contribution in [0, 0.1) is 0 Å². The van der Waals surface area contributed by atoms with Crippen molar-refractivity contribution >= 4 is 50.7 Å². The summed E-state index contributed by atoms with van der Waals surface area (Å²) in [4.78, 5) is 17.8. The second-order valence-corrected chi connectivity index (χ2v) is 12.7. The average Bonchev–Trinajstić information content (AvgIpc) is 2.78. The molecule has 3 rings (SSSR count). The molecule has 2 atom stereocenters. The minimum atomic E-state index is -3.24. The van der Waals surface area contributed by atoms with Crippen LogP contribution in [0.3, 0.4) is 0 Å². The number of halogens is 3. The highest BCUT2D eigenvalue weighted by Gasteiger charge is 2.39. The van der Waals surface area contributed by atoms with Gasteiger partial charge in [0.2, 0.25) is 15.9 Å². The lowest BCUT2D eigenvalue weighted by Crippen LogP contribution is -2.54. The maximum atomic E-state index is 13.9. The Labute approximate surface area is 223 Å². The highest BCUT2D eigenvalue weighted by molar-refractivity contribution is 7.88. The summed E-state index contributed by atoms with van der Waals surface area (Å²) in [6, 6.07) is 12.7. The number of amides is 1. The average molecular weight is 561 g/mol. The molecule has 192 valence electrons. The third-order valence-corrected chi connectivity index (χ3v) is 9.06. The summed E-state index contributed by atoms with van der Waals surface area (Å²) in [6.45, 7) is 6.55. The lowest BCUT2D eigenvalue weighted by molar-refractivity contribution is -0.136. The summed E-state index contributed by atoms with van der Waals surface area (Å²) >= 11 is 18.6. The second kappa shape index (κ2) is 11.4. The molecular weight excluding hydrogens is 529 g/mol. The van der Waals surface area contributed by atoms with E-state index in [1.54, 1.807) is 30.1 Å². The molecule has 6 nitrogen and oxygen atoms in total. The summed E-state index contributed by atoms with van der Waals surface area (Å²) in [7, 11) is -1.46. The molecule has 0 aliphatic carbocycles. The molecule has 0 saturated carbocycles. The van der Waals surface area contributed by atoms with Gasteiger partial charge in [0.05, 0.1) is 21.7 Å². The molecule has 0 bridgehead atoms. The van der Waals surface area contributed by atoms with Crippen LogP contribution in [0.4, 0.5) is 0 Å². The predicted octanol–water partition coefficient (Wildman–Crippen LogP) is 4.92. The van der Waals surface area contributed by atoms with Gasteiger partial charge in [0.15, 0.2) is 0 Å². The van der Waals surface area contributed by atoms with E-state index in [2.05, 4.69) is 4.90 Å². The largest absolute Gasteiger partial charge is 0.341 e. The molecule has 2 aromatic carbocycles. The molecular formula is C25H32Cl3N3O3S. The standard InChI is InChI=1S/C25H32Cl3N3O3S/c1-18-16-30(12-13-31(18)35(4,33)34)11-10-25(2,20-8-9-22(27)23(28)15-20)24(32)29(3)17-19-6-5-7-21(26)14-19/h5-9,14-15,18H,10-13,16-17H2,1-4H3/t18-,25?/m0/s1. The van der Waals surface area contributed by atoms with Gasteiger partial charge in [-0.2, -0.15) is 4.31 Å². The first kappa shape index (κ1) is 28.2. The molecule has 0 radical (unpaired) electrons. The van der Waals surface area contributed by atoms with E-state index in [0.29, 0.717) is 54.2 Å². The lowest BCUT2D eigenvalue weighted by Gasteiger charge is -2.40. The van der Waals surface area contributed by atoms with E-state index in [-0.39, 0.29) is 11.9 Å². The summed E-state index contributed by atoms with van der Waals surface area (Å²) < 4.78 is 25.6. The Morgan fingerprint density at radius 1 is 1.11 bits per heavy atom. The fourth-order valence-corrected chi connectivity index (χ4v) is 6.35. The van der Waals surface area contributed by atoms with Crippen molar-refractivity contribution < 1.29 is 13.2 Å². The van der Waals surface area contributed by atoms with Gasteiger partial charge < -0.3 is 9.80 Å². The fraction of sp³-hybridized carbons (Fsp3) is 0.480. The molecule has 2 aromatic rings. The minimum Gasteiger partial charge on any atom is -0.341 e. The molecule has 0 N–H and O–H groups in total. The number of benzene rings is 2. The van der Waals surface area contributed by atoms with Crippen molar-refractivity contribution in [3.05, 3.63) is 68.7 Å². The molecule has 1 fully saturated rings. The molecule has 0 aromatic heterocycles. The zero-order valence-corrected chi connectivity index (χ0v) is 23.6. The van der Waals surface area contributed by atoms with Crippen molar-refractivity contribution in [1.29, 1.82) is 0 Å². The van der Waals surface area contributed by atoms with Gasteiger partial charge in [0, 0.05) is 44.3 Å². The van der Waals surface area contributed by atoms with Gasteiger partial charge in [0.1, 0.15) is 0 Å². The van der Waals surface area contributed by atoms with Crippen LogP contribution >= 0.6 is 34.8 Å². The van der Waals surface area contributed by atoms with Crippen LogP contribution in [-0.2, 0) is 26.8 Å². The van der Waals surface area contributed by atoms with Gasteiger partial charge >= 0.3 is 0 Å². The molecule has 1 aliphatic rings. The molecule has 1 amide bonds. The Hall–Kier alpha value is -1.35. The number of nitrogens with zero attached hydrogens (tertiary/aromatic N) is 3. The van der Waals surface area contributed by atoms with Crippen molar-refractivity contribution in [3.8, 4) is 0 Å². The summed E-state index contributed by atoms with van der Waals surface area (Å²) in [6.07, 6.45) is 1.78. The number of hydrogen-bond acceptors (Lipinski definition) is 4. The van der Waals surface area contributed by atoms with Gasteiger partial charge in [-0.05, 0) is 62.2 Å². The third kappa shape index (κ3) is 6.90. The molecule has 1 saturated heterocycles. The molecule has 1 unspecified atom stereocenters. The molecule has 1 heterocycles. The maximum absolute atomic E-state index is 13.9. The number of sulfonamides is 1. The minimum absolute atomic E-state index is 0.0429.